The van der Waals surface area contributed by atoms with Crippen molar-refractivity contribution in [2.75, 3.05) is 26.4 Å². The second kappa shape index (κ2) is 62.5. The molecule has 0 heterocycles. The molecule has 18 heavy (non-hydrogen) atoms. The largest absolute Gasteiger partial charge is 2.00 e. The smallest absolute Gasteiger partial charge is 0.854 e. The van der Waals surface area contributed by atoms with E-state index in [-0.39, 0.29) is 78.8 Å². The van der Waals surface area contributed by atoms with Crippen molar-refractivity contribution in [3.63, 3.8) is 0 Å². The Morgan fingerprint density at radius 3 is 0.500 bits per heavy atom. The zero-order chi connectivity index (χ0) is 13.7. The standard InChI is InChI=1S/4C3H7O.2Zr/c4*1-2-3-4;;/h4*2-3H2,1H3;;/q4*-1;2*+2. The first kappa shape index (κ1) is 36.7. The van der Waals surface area contributed by atoms with Crippen LogP contribution in [-0.2, 0) is 52.4 Å². The molecule has 0 amide bonds. The van der Waals surface area contributed by atoms with Gasteiger partial charge in [0.15, 0.2) is 0 Å². The Balaban J connectivity index is -0.0000000257. The summed E-state index contributed by atoms with van der Waals surface area (Å²) in [5, 5.41) is 37.2. The molecule has 0 saturated carbocycles. The molecule has 6 heteroatoms. The summed E-state index contributed by atoms with van der Waals surface area (Å²) in [6.45, 7) is 7.75. The van der Waals surface area contributed by atoms with E-state index >= 15 is 0 Å². The topological polar surface area (TPSA) is 92.2 Å². The van der Waals surface area contributed by atoms with Crippen LogP contribution in [0.1, 0.15) is 53.4 Å². The monoisotopic (exact) mass is 416 g/mol. The van der Waals surface area contributed by atoms with Crippen LogP contribution in [0.3, 0.4) is 0 Å². The second-order valence-corrected chi connectivity index (χ2v) is 2.82. The van der Waals surface area contributed by atoms with Crippen LogP contribution in [0, 0.1) is 0 Å². The van der Waals surface area contributed by atoms with Gasteiger partial charge < -0.3 is 20.4 Å². The van der Waals surface area contributed by atoms with Gasteiger partial charge in [-0.15, -0.1) is 26.4 Å². The van der Waals surface area contributed by atoms with Crippen molar-refractivity contribution in [1.29, 1.82) is 0 Å². The molecule has 0 aromatic heterocycles. The van der Waals surface area contributed by atoms with Gasteiger partial charge in [0, 0.05) is 0 Å². The Labute approximate surface area is 151 Å². The van der Waals surface area contributed by atoms with Crippen molar-refractivity contribution < 1.29 is 72.8 Å². The SMILES string of the molecule is CCC[O-].CCC[O-].CCC[O-].CCC[O-].[Zr+2].[Zr+2]. The molecule has 0 aliphatic heterocycles. The van der Waals surface area contributed by atoms with Crippen molar-refractivity contribution in [3.05, 3.63) is 0 Å². The summed E-state index contributed by atoms with van der Waals surface area (Å²) in [5.74, 6) is 0. The molecule has 0 aliphatic rings. The molecule has 0 saturated heterocycles. The summed E-state index contributed by atoms with van der Waals surface area (Å²) in [6, 6.07) is 0. The van der Waals surface area contributed by atoms with E-state index in [9.17, 15) is 20.4 Å². The van der Waals surface area contributed by atoms with E-state index in [1.807, 2.05) is 27.7 Å². The molecule has 0 rings (SSSR count). The van der Waals surface area contributed by atoms with Gasteiger partial charge >= 0.3 is 52.4 Å². The van der Waals surface area contributed by atoms with Crippen LogP contribution in [0.15, 0.2) is 0 Å². The Kier molecular flexibility index (Phi) is 127. The molecule has 0 fully saturated rings. The van der Waals surface area contributed by atoms with Crippen molar-refractivity contribution in [3.8, 4) is 0 Å². The van der Waals surface area contributed by atoms with Crippen molar-refractivity contribution in [2.24, 2.45) is 0 Å². The fourth-order valence-corrected chi connectivity index (χ4v) is 0. The number of rotatable bonds is 4. The van der Waals surface area contributed by atoms with E-state index in [0.29, 0.717) is 0 Å². The minimum Gasteiger partial charge on any atom is -0.854 e. The first-order chi connectivity index (χ1) is 7.66. The Morgan fingerprint density at radius 1 is 0.444 bits per heavy atom. The van der Waals surface area contributed by atoms with Crippen LogP contribution in [-0.4, -0.2) is 26.4 Å². The summed E-state index contributed by atoms with van der Waals surface area (Å²) in [6.07, 6.45) is 3.06. The van der Waals surface area contributed by atoms with E-state index in [1.165, 1.54) is 0 Å². The van der Waals surface area contributed by atoms with Crippen LogP contribution in [0.5, 0.6) is 0 Å². The maximum atomic E-state index is 9.30. The Bertz CT molecular complexity index is 46.0. The third kappa shape index (κ3) is 154. The second-order valence-electron chi connectivity index (χ2n) is 2.82. The van der Waals surface area contributed by atoms with E-state index in [4.69, 9.17) is 0 Å². The predicted molar refractivity (Wildman–Crippen MR) is 60.6 cm³/mol. The normalized spacial score (nSPS) is 6.67. The summed E-state index contributed by atoms with van der Waals surface area (Å²) < 4.78 is 0. The summed E-state index contributed by atoms with van der Waals surface area (Å²) in [4.78, 5) is 0. The maximum Gasteiger partial charge on any atom is 2.00 e. The molecule has 108 valence electrons. The minimum absolute atomic E-state index is 0. The van der Waals surface area contributed by atoms with E-state index < -0.39 is 0 Å². The molecule has 0 aliphatic carbocycles. The molecular weight excluding hydrogens is 391 g/mol. The molecule has 0 N–H and O–H groups in total. The molecule has 0 aromatic rings. The first-order valence-corrected chi connectivity index (χ1v) is 5.98. The molecule has 0 atom stereocenters. The zero-order valence-electron chi connectivity index (χ0n) is 12.3. The van der Waals surface area contributed by atoms with Gasteiger partial charge in [-0.1, -0.05) is 53.4 Å². The van der Waals surface area contributed by atoms with Gasteiger partial charge in [-0.3, -0.25) is 0 Å². The average molecular weight is 419 g/mol. The Hall–Kier alpha value is 1.61. The first-order valence-electron chi connectivity index (χ1n) is 5.98. The van der Waals surface area contributed by atoms with Crippen LogP contribution in [0.4, 0.5) is 0 Å². The van der Waals surface area contributed by atoms with Gasteiger partial charge in [-0.05, 0) is 0 Å². The molecular formula is C12H28O4Zr2. The molecule has 0 radical (unpaired) electrons. The third-order valence-electron chi connectivity index (χ3n) is 0.816. The fraction of sp³-hybridized carbons (Fsp3) is 1.00. The van der Waals surface area contributed by atoms with E-state index in [1.54, 1.807) is 0 Å². The van der Waals surface area contributed by atoms with E-state index in [0.717, 1.165) is 25.7 Å². The van der Waals surface area contributed by atoms with Crippen molar-refractivity contribution in [1.82, 2.24) is 0 Å². The van der Waals surface area contributed by atoms with Gasteiger partial charge in [0.2, 0.25) is 0 Å². The maximum absolute atomic E-state index is 9.30. The van der Waals surface area contributed by atoms with Crippen molar-refractivity contribution >= 4 is 0 Å². The van der Waals surface area contributed by atoms with Gasteiger partial charge in [-0.2, -0.15) is 0 Å². The van der Waals surface area contributed by atoms with Crippen LogP contribution < -0.4 is 20.4 Å². The number of hydrogen-bond acceptors (Lipinski definition) is 4. The Morgan fingerprint density at radius 2 is 0.500 bits per heavy atom. The quantitative estimate of drug-likeness (QED) is 0.587. The summed E-state index contributed by atoms with van der Waals surface area (Å²) in [5.41, 5.74) is 0. The average Bonchev–Trinajstić information content (AvgIpc) is 2.39. The minimum atomic E-state index is 0. The van der Waals surface area contributed by atoms with Crippen molar-refractivity contribution in [2.45, 2.75) is 53.4 Å². The molecule has 0 aromatic carbocycles. The van der Waals surface area contributed by atoms with Gasteiger partial charge in [0.1, 0.15) is 0 Å². The molecule has 0 bridgehead atoms. The van der Waals surface area contributed by atoms with Gasteiger partial charge in [0.25, 0.3) is 0 Å². The van der Waals surface area contributed by atoms with Crippen LogP contribution in [0.25, 0.3) is 0 Å². The molecule has 0 unspecified atom stereocenters. The van der Waals surface area contributed by atoms with Gasteiger partial charge in [-0.25, -0.2) is 0 Å². The van der Waals surface area contributed by atoms with E-state index in [2.05, 4.69) is 0 Å². The summed E-state index contributed by atoms with van der Waals surface area (Å²) >= 11 is 0. The third-order valence-corrected chi connectivity index (χ3v) is 0.816. The summed E-state index contributed by atoms with van der Waals surface area (Å²) in [7, 11) is 0. The number of hydrogen-bond donors (Lipinski definition) is 0. The van der Waals surface area contributed by atoms with Crippen LogP contribution >= 0.6 is 0 Å². The van der Waals surface area contributed by atoms with Crippen LogP contribution in [0.2, 0.25) is 0 Å². The van der Waals surface area contributed by atoms with Gasteiger partial charge in [0.05, 0.1) is 0 Å². The predicted octanol–water partition coefficient (Wildman–Crippen LogP) is -0.978. The molecule has 0 spiro atoms. The molecule has 4 nitrogen and oxygen atoms in total. The zero-order valence-corrected chi connectivity index (χ0v) is 17.2. The fourth-order valence-electron chi connectivity index (χ4n) is 0.